The van der Waals surface area contributed by atoms with E-state index in [9.17, 15) is 4.79 Å². The molecule has 0 bridgehead atoms. The maximum absolute atomic E-state index is 10.9. The van der Waals surface area contributed by atoms with E-state index >= 15 is 0 Å². The molecular formula is C14H14NO+. The summed E-state index contributed by atoms with van der Waals surface area (Å²) in [4.78, 5) is 10.9. The summed E-state index contributed by atoms with van der Waals surface area (Å²) in [6, 6.07) is 18.2. The summed E-state index contributed by atoms with van der Waals surface area (Å²) in [5.74, 6) is 0.0764. The molecule has 0 aromatic heterocycles. The second kappa shape index (κ2) is 4.73. The Kier molecular flexibility index (Phi) is 3.13. The van der Waals surface area contributed by atoms with Crippen LogP contribution < -0.4 is 5.32 Å². The third-order valence-corrected chi connectivity index (χ3v) is 2.39. The zero-order chi connectivity index (χ0) is 11.4. The van der Waals surface area contributed by atoms with Crippen LogP contribution in [-0.4, -0.2) is 5.91 Å². The number of amides is 1. The van der Waals surface area contributed by atoms with Crippen LogP contribution in [-0.2, 0) is 4.79 Å². The van der Waals surface area contributed by atoms with E-state index in [2.05, 4.69) is 12.1 Å². The van der Waals surface area contributed by atoms with E-state index in [1.165, 1.54) is 11.1 Å². The lowest BCUT2D eigenvalue weighted by atomic mass is 10.1. The molecule has 0 saturated heterocycles. The van der Waals surface area contributed by atoms with Gasteiger partial charge in [0.1, 0.15) is 5.69 Å². The van der Waals surface area contributed by atoms with Gasteiger partial charge in [0.15, 0.2) is 0 Å². The van der Waals surface area contributed by atoms with Crippen LogP contribution in [0.4, 0.5) is 5.69 Å². The summed E-state index contributed by atoms with van der Waals surface area (Å²) >= 11 is 0. The highest BCUT2D eigenvalue weighted by atomic mass is 16.1. The first-order valence-electron chi connectivity index (χ1n) is 5.26. The number of rotatable bonds is 2. The molecule has 0 spiro atoms. The van der Waals surface area contributed by atoms with Gasteiger partial charge >= 0.3 is 5.91 Å². The van der Waals surface area contributed by atoms with E-state index in [4.69, 9.17) is 0 Å². The average Bonchev–Trinajstić information content (AvgIpc) is 2.30. The topological polar surface area (TPSA) is 33.7 Å². The molecular weight excluding hydrogens is 198 g/mol. The van der Waals surface area contributed by atoms with Gasteiger partial charge in [0.25, 0.3) is 0 Å². The van der Waals surface area contributed by atoms with E-state index in [-0.39, 0.29) is 5.91 Å². The molecule has 0 fully saturated rings. The minimum atomic E-state index is 0.0764. The maximum atomic E-state index is 10.9. The number of carbonyl (C=O) groups excluding carboxylic acids is 1. The smallest absolute Gasteiger partial charge is 0.251 e. The minimum Gasteiger partial charge on any atom is -0.251 e. The molecule has 2 N–H and O–H groups in total. The van der Waals surface area contributed by atoms with Gasteiger partial charge in [-0.25, -0.2) is 4.79 Å². The van der Waals surface area contributed by atoms with Gasteiger partial charge in [0.2, 0.25) is 0 Å². The Morgan fingerprint density at radius 2 is 1.44 bits per heavy atom. The van der Waals surface area contributed by atoms with Crippen molar-refractivity contribution in [1.29, 1.82) is 0 Å². The molecule has 2 rings (SSSR count). The molecule has 2 nitrogen and oxygen atoms in total. The Morgan fingerprint density at radius 1 is 0.875 bits per heavy atom. The molecule has 0 aliphatic carbocycles. The molecule has 0 unspecified atom stereocenters. The predicted octanol–water partition coefficient (Wildman–Crippen LogP) is 2.09. The van der Waals surface area contributed by atoms with Crippen molar-refractivity contribution in [3.63, 3.8) is 0 Å². The Morgan fingerprint density at radius 3 is 2.00 bits per heavy atom. The first-order chi connectivity index (χ1) is 7.75. The van der Waals surface area contributed by atoms with Crippen molar-refractivity contribution in [2.45, 2.75) is 6.92 Å². The van der Waals surface area contributed by atoms with Crippen LogP contribution >= 0.6 is 0 Å². The number of hydrogen-bond acceptors (Lipinski definition) is 1. The normalized spacial score (nSPS) is 10.1. The van der Waals surface area contributed by atoms with Crippen LogP contribution in [0.25, 0.3) is 11.1 Å². The van der Waals surface area contributed by atoms with Crippen molar-refractivity contribution in [1.82, 2.24) is 0 Å². The molecule has 2 heteroatoms. The molecule has 0 atom stereocenters. The van der Waals surface area contributed by atoms with Crippen LogP contribution in [0.5, 0.6) is 0 Å². The number of hydrogen-bond donors (Lipinski definition) is 1. The Bertz CT molecular complexity index is 474. The number of primary amides is 1. The molecule has 16 heavy (non-hydrogen) atoms. The van der Waals surface area contributed by atoms with E-state index in [0.717, 1.165) is 5.69 Å². The third kappa shape index (κ3) is 2.55. The number of benzene rings is 2. The quantitative estimate of drug-likeness (QED) is 0.760. The third-order valence-electron chi connectivity index (χ3n) is 2.39. The van der Waals surface area contributed by atoms with Crippen LogP contribution in [0, 0.1) is 0 Å². The van der Waals surface area contributed by atoms with Gasteiger partial charge in [-0.2, -0.15) is 0 Å². The molecule has 2 aromatic carbocycles. The minimum absolute atomic E-state index is 0.0764. The van der Waals surface area contributed by atoms with E-state index in [0.29, 0.717) is 0 Å². The number of quaternary nitrogens is 1. The lowest BCUT2D eigenvalue weighted by molar-refractivity contribution is -0.481. The zero-order valence-electron chi connectivity index (χ0n) is 9.18. The summed E-state index contributed by atoms with van der Waals surface area (Å²) in [5, 5.41) is 1.63. The fourth-order valence-electron chi connectivity index (χ4n) is 1.64. The highest BCUT2D eigenvalue weighted by molar-refractivity contribution is 5.67. The van der Waals surface area contributed by atoms with Gasteiger partial charge in [-0.05, 0) is 23.3 Å². The van der Waals surface area contributed by atoms with Crippen molar-refractivity contribution >= 4 is 11.6 Å². The highest BCUT2D eigenvalue weighted by Gasteiger charge is 2.01. The predicted molar refractivity (Wildman–Crippen MR) is 64.1 cm³/mol. The van der Waals surface area contributed by atoms with Crippen LogP contribution in [0.15, 0.2) is 54.6 Å². The van der Waals surface area contributed by atoms with Gasteiger partial charge in [-0.3, -0.25) is 5.32 Å². The van der Waals surface area contributed by atoms with Crippen molar-refractivity contribution in [3.05, 3.63) is 54.6 Å². The summed E-state index contributed by atoms with van der Waals surface area (Å²) in [6.45, 7) is 1.56. The average molecular weight is 212 g/mol. The molecule has 0 radical (unpaired) electrons. The molecule has 0 aliphatic heterocycles. The molecule has 1 amide bonds. The fourth-order valence-corrected chi connectivity index (χ4v) is 1.64. The van der Waals surface area contributed by atoms with Crippen LogP contribution in [0.3, 0.4) is 0 Å². The molecule has 80 valence electrons. The molecule has 0 heterocycles. The first-order valence-corrected chi connectivity index (χ1v) is 5.26. The summed E-state index contributed by atoms with van der Waals surface area (Å²) in [5.41, 5.74) is 3.31. The highest BCUT2D eigenvalue weighted by Crippen LogP contribution is 2.19. The van der Waals surface area contributed by atoms with Crippen molar-refractivity contribution in [2.75, 3.05) is 0 Å². The van der Waals surface area contributed by atoms with Crippen LogP contribution in [0.2, 0.25) is 0 Å². The molecule has 0 saturated carbocycles. The van der Waals surface area contributed by atoms with E-state index in [1.54, 1.807) is 12.2 Å². The lowest BCUT2D eigenvalue weighted by Gasteiger charge is -2.01. The largest absolute Gasteiger partial charge is 0.312 e. The number of nitrogens with two attached hydrogens (primary N) is 1. The van der Waals surface area contributed by atoms with Gasteiger partial charge in [-0.15, -0.1) is 0 Å². The van der Waals surface area contributed by atoms with Crippen LogP contribution in [0.1, 0.15) is 6.92 Å². The summed E-state index contributed by atoms with van der Waals surface area (Å²) in [7, 11) is 0. The van der Waals surface area contributed by atoms with Gasteiger partial charge in [-0.1, -0.05) is 30.3 Å². The zero-order valence-corrected chi connectivity index (χ0v) is 9.18. The lowest BCUT2D eigenvalue weighted by Crippen LogP contribution is -2.81. The van der Waals surface area contributed by atoms with E-state index in [1.807, 2.05) is 42.5 Å². The van der Waals surface area contributed by atoms with Gasteiger partial charge in [0.05, 0.1) is 6.92 Å². The fraction of sp³-hybridized carbons (Fsp3) is 0.0714. The SMILES string of the molecule is CC(=O)[NH2+]c1ccc(-c2ccccc2)cc1. The first kappa shape index (κ1) is 10.6. The monoisotopic (exact) mass is 212 g/mol. The Hall–Kier alpha value is -1.93. The van der Waals surface area contributed by atoms with Crippen molar-refractivity contribution in [2.24, 2.45) is 0 Å². The van der Waals surface area contributed by atoms with Gasteiger partial charge in [0, 0.05) is 12.1 Å². The Labute approximate surface area is 94.9 Å². The van der Waals surface area contributed by atoms with E-state index < -0.39 is 0 Å². The van der Waals surface area contributed by atoms with Gasteiger partial charge < -0.3 is 0 Å². The molecule has 2 aromatic rings. The Balaban J connectivity index is 2.23. The van der Waals surface area contributed by atoms with Crippen molar-refractivity contribution < 1.29 is 10.1 Å². The second-order valence-corrected chi connectivity index (χ2v) is 3.74. The summed E-state index contributed by atoms with van der Waals surface area (Å²) < 4.78 is 0. The van der Waals surface area contributed by atoms with Crippen molar-refractivity contribution in [3.8, 4) is 11.1 Å². The standard InChI is InChI=1S/C14H13NO/c1-11(16)15-14-9-7-13(8-10-14)12-5-3-2-4-6-12/h2-10H,1H3,(H,15,16)/p+1. The summed E-state index contributed by atoms with van der Waals surface area (Å²) in [6.07, 6.45) is 0. The second-order valence-electron chi connectivity index (χ2n) is 3.74. The number of carbonyl (C=O) groups is 1. The maximum Gasteiger partial charge on any atom is 0.312 e. The molecule has 0 aliphatic rings.